The van der Waals surface area contributed by atoms with Crippen LogP contribution >= 0.6 is 0 Å². The molecule has 1 aromatic carbocycles. The molecule has 1 N–H and O–H groups in total. The van der Waals surface area contributed by atoms with E-state index in [4.69, 9.17) is 0 Å². The van der Waals surface area contributed by atoms with Gasteiger partial charge in [0.25, 0.3) is 0 Å². The second-order valence-electron chi connectivity index (χ2n) is 7.41. The summed E-state index contributed by atoms with van der Waals surface area (Å²) in [6, 6.07) is 12.2. The summed E-state index contributed by atoms with van der Waals surface area (Å²) in [5, 5.41) is 8.06. The summed E-state index contributed by atoms with van der Waals surface area (Å²) in [6.45, 7) is 3.19. The minimum absolute atomic E-state index is 0.263. The second-order valence-corrected chi connectivity index (χ2v) is 7.41. The largest absolute Gasteiger partial charge is 0.371 e. The van der Waals surface area contributed by atoms with E-state index >= 15 is 0 Å². The molecule has 1 saturated heterocycles. The Morgan fingerprint density at radius 3 is 2.35 bits per heavy atom. The van der Waals surface area contributed by atoms with Gasteiger partial charge in [0.1, 0.15) is 5.54 Å². The van der Waals surface area contributed by atoms with Crippen LogP contribution in [-0.2, 0) is 11.8 Å². The lowest BCUT2D eigenvalue weighted by atomic mass is 9.94. The SMILES string of the molecule is Cn1ccc(N2CCN(C(=O)C3(Nc4ccccc4)CCCC3)CC2)n1. The zero-order chi connectivity index (χ0) is 18.0. The fourth-order valence-corrected chi connectivity index (χ4v) is 4.18. The first-order valence-corrected chi connectivity index (χ1v) is 9.54. The molecule has 2 heterocycles. The molecule has 2 fully saturated rings. The van der Waals surface area contributed by atoms with Gasteiger partial charge < -0.3 is 15.1 Å². The Morgan fingerprint density at radius 2 is 1.73 bits per heavy atom. The van der Waals surface area contributed by atoms with E-state index in [0.717, 1.165) is 63.4 Å². The van der Waals surface area contributed by atoms with E-state index in [1.54, 1.807) is 0 Å². The van der Waals surface area contributed by atoms with Crippen LogP contribution in [0.25, 0.3) is 0 Å². The van der Waals surface area contributed by atoms with Crippen molar-refractivity contribution in [3.05, 3.63) is 42.6 Å². The fraction of sp³-hybridized carbons (Fsp3) is 0.500. The molecule has 2 aliphatic rings. The standard InChI is InChI=1S/C20H27N5O/c1-23-12-9-18(22-23)24-13-15-25(16-14-24)19(26)20(10-5-6-11-20)21-17-7-3-2-4-8-17/h2-4,7-9,12,21H,5-6,10-11,13-16H2,1H3. The number of para-hydroxylation sites is 1. The molecule has 6 nitrogen and oxygen atoms in total. The van der Waals surface area contributed by atoms with Crippen LogP contribution in [0.2, 0.25) is 0 Å². The monoisotopic (exact) mass is 353 g/mol. The molecule has 1 amide bonds. The van der Waals surface area contributed by atoms with Gasteiger partial charge in [-0.3, -0.25) is 9.48 Å². The van der Waals surface area contributed by atoms with Crippen molar-refractivity contribution in [3.63, 3.8) is 0 Å². The first-order chi connectivity index (χ1) is 12.7. The number of carbonyl (C=O) groups excluding carboxylic acids is 1. The molecule has 0 atom stereocenters. The molecule has 1 aromatic heterocycles. The maximum absolute atomic E-state index is 13.4. The van der Waals surface area contributed by atoms with Crippen LogP contribution in [0.15, 0.2) is 42.6 Å². The van der Waals surface area contributed by atoms with Gasteiger partial charge in [0.2, 0.25) is 5.91 Å². The summed E-state index contributed by atoms with van der Waals surface area (Å²) >= 11 is 0. The van der Waals surface area contributed by atoms with Crippen molar-refractivity contribution in [2.75, 3.05) is 36.4 Å². The van der Waals surface area contributed by atoms with E-state index in [1.165, 1.54) is 0 Å². The number of carbonyl (C=O) groups is 1. The van der Waals surface area contributed by atoms with E-state index < -0.39 is 5.54 Å². The molecule has 0 unspecified atom stereocenters. The third kappa shape index (κ3) is 3.28. The summed E-state index contributed by atoms with van der Waals surface area (Å²) in [5.41, 5.74) is 0.601. The molecular weight excluding hydrogens is 326 g/mol. The first kappa shape index (κ1) is 16.9. The highest BCUT2D eigenvalue weighted by molar-refractivity contribution is 5.90. The number of anilines is 2. The van der Waals surface area contributed by atoms with Gasteiger partial charge in [0.05, 0.1) is 0 Å². The Balaban J connectivity index is 1.44. The maximum atomic E-state index is 13.4. The number of aryl methyl sites for hydroxylation is 1. The average Bonchev–Trinajstić information content (AvgIpc) is 3.32. The molecule has 1 aliphatic carbocycles. The molecule has 4 rings (SSSR count). The van der Waals surface area contributed by atoms with E-state index in [0.29, 0.717) is 0 Å². The summed E-state index contributed by atoms with van der Waals surface area (Å²) < 4.78 is 1.82. The van der Waals surface area contributed by atoms with Gasteiger partial charge in [-0.05, 0) is 25.0 Å². The normalized spacial score (nSPS) is 19.6. The number of hydrogen-bond donors (Lipinski definition) is 1. The van der Waals surface area contributed by atoms with E-state index in [9.17, 15) is 4.79 Å². The molecular formula is C20H27N5O. The predicted molar refractivity (Wildman–Crippen MR) is 103 cm³/mol. The number of aromatic nitrogens is 2. The number of nitrogens with one attached hydrogen (secondary N) is 1. The average molecular weight is 353 g/mol. The lowest BCUT2D eigenvalue weighted by Crippen LogP contribution is -2.57. The highest BCUT2D eigenvalue weighted by Gasteiger charge is 2.44. The zero-order valence-corrected chi connectivity index (χ0v) is 15.4. The highest BCUT2D eigenvalue weighted by atomic mass is 16.2. The quantitative estimate of drug-likeness (QED) is 0.918. The summed E-state index contributed by atoms with van der Waals surface area (Å²) in [7, 11) is 1.93. The third-order valence-corrected chi connectivity index (χ3v) is 5.61. The number of nitrogens with zero attached hydrogens (tertiary/aromatic N) is 4. The van der Waals surface area contributed by atoms with Crippen LogP contribution in [0.1, 0.15) is 25.7 Å². The smallest absolute Gasteiger partial charge is 0.248 e. The van der Waals surface area contributed by atoms with Crippen molar-refractivity contribution in [1.82, 2.24) is 14.7 Å². The second kappa shape index (κ2) is 7.02. The molecule has 138 valence electrons. The molecule has 1 aliphatic heterocycles. The van der Waals surface area contributed by atoms with Crippen molar-refractivity contribution >= 4 is 17.4 Å². The van der Waals surface area contributed by atoms with Crippen LogP contribution in [0.5, 0.6) is 0 Å². The van der Waals surface area contributed by atoms with Crippen molar-refractivity contribution in [2.24, 2.45) is 7.05 Å². The minimum atomic E-state index is -0.436. The number of benzene rings is 1. The lowest BCUT2D eigenvalue weighted by molar-refractivity contribution is -0.136. The van der Waals surface area contributed by atoms with Crippen molar-refractivity contribution in [1.29, 1.82) is 0 Å². The van der Waals surface area contributed by atoms with Gasteiger partial charge in [0.15, 0.2) is 5.82 Å². The molecule has 6 heteroatoms. The summed E-state index contributed by atoms with van der Waals surface area (Å²) in [6.07, 6.45) is 6.02. The molecule has 0 spiro atoms. The van der Waals surface area contributed by atoms with Crippen LogP contribution in [-0.4, -0.2) is 52.3 Å². The van der Waals surface area contributed by atoms with Gasteiger partial charge in [-0.15, -0.1) is 0 Å². The Kier molecular flexibility index (Phi) is 4.57. The van der Waals surface area contributed by atoms with Crippen LogP contribution < -0.4 is 10.2 Å². The van der Waals surface area contributed by atoms with Crippen molar-refractivity contribution < 1.29 is 4.79 Å². The zero-order valence-electron chi connectivity index (χ0n) is 15.4. The maximum Gasteiger partial charge on any atom is 0.248 e. The van der Waals surface area contributed by atoms with Gasteiger partial charge in [-0.1, -0.05) is 31.0 Å². The van der Waals surface area contributed by atoms with Crippen LogP contribution in [0, 0.1) is 0 Å². The Hall–Kier alpha value is -2.50. The van der Waals surface area contributed by atoms with Gasteiger partial charge in [-0.25, -0.2) is 0 Å². The predicted octanol–water partition coefficient (Wildman–Crippen LogP) is 2.49. The first-order valence-electron chi connectivity index (χ1n) is 9.54. The highest BCUT2D eigenvalue weighted by Crippen LogP contribution is 2.35. The number of amides is 1. The third-order valence-electron chi connectivity index (χ3n) is 5.61. The fourth-order valence-electron chi connectivity index (χ4n) is 4.18. The lowest BCUT2D eigenvalue weighted by Gasteiger charge is -2.40. The van der Waals surface area contributed by atoms with E-state index in [-0.39, 0.29) is 5.91 Å². The molecule has 2 aromatic rings. The van der Waals surface area contributed by atoms with Gasteiger partial charge in [0, 0.05) is 51.2 Å². The topological polar surface area (TPSA) is 53.4 Å². The van der Waals surface area contributed by atoms with E-state index in [2.05, 4.69) is 15.3 Å². The number of hydrogen-bond acceptors (Lipinski definition) is 4. The molecule has 0 bridgehead atoms. The Bertz CT molecular complexity index is 743. The number of rotatable bonds is 4. The van der Waals surface area contributed by atoms with Crippen molar-refractivity contribution in [2.45, 2.75) is 31.2 Å². The Labute approximate surface area is 154 Å². The van der Waals surface area contributed by atoms with Gasteiger partial charge >= 0.3 is 0 Å². The van der Waals surface area contributed by atoms with Gasteiger partial charge in [-0.2, -0.15) is 5.10 Å². The number of piperazine rings is 1. The van der Waals surface area contributed by atoms with Crippen molar-refractivity contribution in [3.8, 4) is 0 Å². The van der Waals surface area contributed by atoms with Crippen LogP contribution in [0.4, 0.5) is 11.5 Å². The molecule has 1 saturated carbocycles. The Morgan fingerprint density at radius 1 is 1.04 bits per heavy atom. The minimum Gasteiger partial charge on any atom is -0.371 e. The summed E-state index contributed by atoms with van der Waals surface area (Å²) in [5.74, 6) is 1.26. The molecule has 26 heavy (non-hydrogen) atoms. The van der Waals surface area contributed by atoms with E-state index in [1.807, 2.05) is 59.2 Å². The molecule has 0 radical (unpaired) electrons. The van der Waals surface area contributed by atoms with Crippen LogP contribution in [0.3, 0.4) is 0 Å². The summed E-state index contributed by atoms with van der Waals surface area (Å²) in [4.78, 5) is 17.7.